The van der Waals surface area contributed by atoms with E-state index in [1.54, 1.807) is 17.6 Å². The van der Waals surface area contributed by atoms with Crippen LogP contribution in [0.5, 0.6) is 11.5 Å². The maximum Gasteiger partial charge on any atom is 0.276 e. The molecule has 0 bridgehead atoms. The quantitative estimate of drug-likeness (QED) is 0.347. The summed E-state index contributed by atoms with van der Waals surface area (Å²) in [4.78, 5) is 11.8. The molecule has 1 aliphatic rings. The summed E-state index contributed by atoms with van der Waals surface area (Å²) >= 11 is 0. The van der Waals surface area contributed by atoms with Gasteiger partial charge in [-0.05, 0) is 19.9 Å². The zero-order chi connectivity index (χ0) is 20.6. The number of ether oxygens (including phenoxy) is 2. The second-order valence-electron chi connectivity index (χ2n) is 6.69. The van der Waals surface area contributed by atoms with E-state index in [1.165, 1.54) is 0 Å². The maximum absolute atomic E-state index is 13.5. The Morgan fingerprint density at radius 2 is 1.68 bits per heavy atom. The smallest absolute Gasteiger partial charge is 0.276 e. The summed E-state index contributed by atoms with van der Waals surface area (Å²) in [6.45, 7) is 3.18. The van der Waals surface area contributed by atoms with E-state index in [0.717, 1.165) is 5.56 Å². The van der Waals surface area contributed by atoms with E-state index in [-0.39, 0.29) is 5.75 Å². The second-order valence-corrected chi connectivity index (χ2v) is 6.69. The Morgan fingerprint density at radius 3 is 2.32 bits per heavy atom. The summed E-state index contributed by atoms with van der Waals surface area (Å²) in [6, 6.07) is 5.14. The second kappa shape index (κ2) is 7.17. The SMILES string of the molecule is CC1(C)Cc2cccc(OCC(=O)NNc3c(F)c(F)c(F)c(F)c3F)c2O1. The van der Waals surface area contributed by atoms with Crippen molar-refractivity contribution < 1.29 is 36.2 Å². The predicted octanol–water partition coefficient (Wildman–Crippen LogP) is 3.62. The van der Waals surface area contributed by atoms with Crippen molar-refractivity contribution in [1.82, 2.24) is 5.43 Å². The third-order valence-electron chi connectivity index (χ3n) is 3.95. The van der Waals surface area contributed by atoms with Gasteiger partial charge in [0.05, 0.1) is 0 Å². The molecule has 2 aromatic rings. The highest BCUT2D eigenvalue weighted by atomic mass is 19.2. The molecular weight excluding hydrogens is 387 g/mol. The molecule has 28 heavy (non-hydrogen) atoms. The minimum Gasteiger partial charge on any atom is -0.483 e. The lowest BCUT2D eigenvalue weighted by Gasteiger charge is -2.18. The Morgan fingerprint density at radius 1 is 1.07 bits per heavy atom. The molecule has 2 aromatic carbocycles. The van der Waals surface area contributed by atoms with Crippen LogP contribution in [0.1, 0.15) is 19.4 Å². The molecule has 5 nitrogen and oxygen atoms in total. The number of anilines is 1. The van der Waals surface area contributed by atoms with E-state index >= 15 is 0 Å². The van der Waals surface area contributed by atoms with Crippen LogP contribution in [-0.2, 0) is 11.2 Å². The first-order valence-electron chi connectivity index (χ1n) is 8.10. The maximum atomic E-state index is 13.5. The number of hydrogen-bond acceptors (Lipinski definition) is 4. The van der Waals surface area contributed by atoms with Crippen LogP contribution in [0.2, 0.25) is 0 Å². The third-order valence-corrected chi connectivity index (χ3v) is 3.95. The number of benzene rings is 2. The molecule has 0 aliphatic carbocycles. The number of halogens is 5. The number of carbonyl (C=O) groups is 1. The number of hydrazine groups is 1. The first-order chi connectivity index (χ1) is 13.1. The number of para-hydroxylation sites is 1. The average Bonchev–Trinajstić information content (AvgIpc) is 2.97. The van der Waals surface area contributed by atoms with E-state index in [0.29, 0.717) is 12.2 Å². The molecule has 0 aromatic heterocycles. The number of carbonyl (C=O) groups excluding carboxylic acids is 1. The predicted molar refractivity (Wildman–Crippen MR) is 88.3 cm³/mol. The monoisotopic (exact) mass is 402 g/mol. The van der Waals surface area contributed by atoms with E-state index in [4.69, 9.17) is 9.47 Å². The minimum absolute atomic E-state index is 0.287. The van der Waals surface area contributed by atoms with E-state index in [1.807, 2.05) is 25.3 Å². The molecule has 10 heteroatoms. The summed E-state index contributed by atoms with van der Waals surface area (Å²) in [6.07, 6.45) is 0.646. The first-order valence-corrected chi connectivity index (χ1v) is 8.10. The number of hydrogen-bond donors (Lipinski definition) is 2. The van der Waals surface area contributed by atoms with Gasteiger partial charge in [0.1, 0.15) is 11.3 Å². The van der Waals surface area contributed by atoms with Crippen molar-refractivity contribution in [1.29, 1.82) is 0 Å². The van der Waals surface area contributed by atoms with Gasteiger partial charge in [0.2, 0.25) is 5.82 Å². The van der Waals surface area contributed by atoms with Gasteiger partial charge in [-0.1, -0.05) is 12.1 Å². The number of fused-ring (bicyclic) bond motifs is 1. The molecular formula is C18H15F5N2O3. The Bertz CT molecular complexity index is 920. The van der Waals surface area contributed by atoms with E-state index in [9.17, 15) is 26.7 Å². The van der Waals surface area contributed by atoms with Gasteiger partial charge >= 0.3 is 0 Å². The topological polar surface area (TPSA) is 59.6 Å². The zero-order valence-electron chi connectivity index (χ0n) is 14.8. The lowest BCUT2D eigenvalue weighted by Crippen LogP contribution is -2.34. The van der Waals surface area contributed by atoms with Crippen molar-refractivity contribution in [2.75, 3.05) is 12.0 Å². The summed E-state index contributed by atoms with van der Waals surface area (Å²) in [5.74, 6) is -10.9. The summed E-state index contributed by atoms with van der Waals surface area (Å²) in [5.41, 5.74) is 2.58. The highest BCUT2D eigenvalue weighted by Gasteiger charge is 2.32. The molecule has 0 saturated carbocycles. The Kier molecular flexibility index (Phi) is 5.05. The molecule has 1 aliphatic heterocycles. The van der Waals surface area contributed by atoms with Crippen LogP contribution in [0.3, 0.4) is 0 Å². The Hall–Kier alpha value is -3.04. The number of nitrogens with one attached hydrogen (secondary N) is 2. The van der Waals surface area contributed by atoms with Gasteiger partial charge in [0.25, 0.3) is 5.91 Å². The molecule has 3 rings (SSSR count). The lowest BCUT2D eigenvalue weighted by molar-refractivity contribution is -0.122. The van der Waals surface area contributed by atoms with Crippen molar-refractivity contribution in [3.63, 3.8) is 0 Å². The van der Waals surface area contributed by atoms with E-state index < -0.39 is 52.9 Å². The molecule has 0 unspecified atom stereocenters. The van der Waals surface area contributed by atoms with Crippen molar-refractivity contribution in [3.05, 3.63) is 52.8 Å². The third kappa shape index (κ3) is 3.67. The summed E-state index contributed by atoms with van der Waals surface area (Å²) in [7, 11) is 0. The summed E-state index contributed by atoms with van der Waals surface area (Å²) < 4.78 is 77.5. The Balaban J connectivity index is 1.64. The molecule has 0 spiro atoms. The van der Waals surface area contributed by atoms with Crippen LogP contribution in [0.25, 0.3) is 0 Å². The van der Waals surface area contributed by atoms with Gasteiger partial charge in [0, 0.05) is 12.0 Å². The standard InChI is InChI=1S/C18H15F5N2O3/c1-18(2)6-8-4-3-5-9(17(8)28-18)27-7-10(26)24-25-16-14(22)12(20)11(19)13(21)15(16)23/h3-5,25H,6-7H2,1-2H3,(H,24,26). The fraction of sp³-hybridized carbons (Fsp3) is 0.278. The molecule has 2 N–H and O–H groups in total. The Labute approximate surface area is 156 Å². The van der Waals surface area contributed by atoms with Gasteiger partial charge in [-0.2, -0.15) is 0 Å². The van der Waals surface area contributed by atoms with Crippen LogP contribution in [0.15, 0.2) is 18.2 Å². The van der Waals surface area contributed by atoms with Gasteiger partial charge in [-0.3, -0.25) is 15.6 Å². The zero-order valence-corrected chi connectivity index (χ0v) is 14.8. The van der Waals surface area contributed by atoms with Crippen molar-refractivity contribution in [3.8, 4) is 11.5 Å². The van der Waals surface area contributed by atoms with Crippen LogP contribution < -0.4 is 20.3 Å². The number of amides is 1. The summed E-state index contributed by atoms with van der Waals surface area (Å²) in [5, 5.41) is 0. The molecule has 0 atom stereocenters. The minimum atomic E-state index is -2.30. The van der Waals surface area contributed by atoms with Gasteiger partial charge in [-0.15, -0.1) is 0 Å². The fourth-order valence-electron chi connectivity index (χ4n) is 2.73. The van der Waals surface area contributed by atoms with E-state index in [2.05, 4.69) is 0 Å². The first kappa shape index (κ1) is 19.7. The molecule has 1 amide bonds. The number of rotatable bonds is 5. The van der Waals surface area contributed by atoms with Crippen LogP contribution >= 0.6 is 0 Å². The van der Waals surface area contributed by atoms with Crippen molar-refractivity contribution >= 4 is 11.6 Å². The molecule has 150 valence electrons. The average molecular weight is 402 g/mol. The molecule has 1 heterocycles. The van der Waals surface area contributed by atoms with Crippen molar-refractivity contribution in [2.45, 2.75) is 25.9 Å². The fourth-order valence-corrected chi connectivity index (χ4v) is 2.73. The molecule has 0 saturated heterocycles. The molecule has 0 fully saturated rings. The molecule has 0 radical (unpaired) electrons. The van der Waals surface area contributed by atoms with Gasteiger partial charge in [0.15, 0.2) is 41.4 Å². The lowest BCUT2D eigenvalue weighted by atomic mass is 10.0. The highest BCUT2D eigenvalue weighted by molar-refractivity contribution is 5.79. The van der Waals surface area contributed by atoms with Gasteiger partial charge < -0.3 is 9.47 Å². The normalized spacial score (nSPS) is 14.2. The highest BCUT2D eigenvalue weighted by Crippen LogP contribution is 2.41. The largest absolute Gasteiger partial charge is 0.483 e. The van der Waals surface area contributed by atoms with Crippen LogP contribution in [0, 0.1) is 29.1 Å². The van der Waals surface area contributed by atoms with Crippen LogP contribution in [0.4, 0.5) is 27.6 Å². The van der Waals surface area contributed by atoms with Crippen molar-refractivity contribution in [2.24, 2.45) is 0 Å². The van der Waals surface area contributed by atoms with Crippen LogP contribution in [-0.4, -0.2) is 18.1 Å². The van der Waals surface area contributed by atoms with Gasteiger partial charge in [-0.25, -0.2) is 22.0 Å².